The number of hydrogen-bond donors (Lipinski definition) is 0. The Labute approximate surface area is 168 Å². The summed E-state index contributed by atoms with van der Waals surface area (Å²) in [6.07, 6.45) is 4.16. The highest BCUT2D eigenvalue weighted by molar-refractivity contribution is 8.18. The molecule has 0 bridgehead atoms. The maximum Gasteiger partial charge on any atom is 0.294 e. The maximum atomic E-state index is 12.6. The van der Waals surface area contributed by atoms with E-state index < -0.39 is 11.1 Å². The largest absolute Gasteiger partial charge is 0.378 e. The summed E-state index contributed by atoms with van der Waals surface area (Å²) in [6, 6.07) is 8.01. The molecule has 0 aliphatic carbocycles. The normalized spacial score (nSPS) is 21.9. The van der Waals surface area contributed by atoms with E-state index in [0.717, 1.165) is 35.3 Å². The van der Waals surface area contributed by atoms with Gasteiger partial charge in [0.1, 0.15) is 6.54 Å². The number of rotatable bonds is 4. The van der Waals surface area contributed by atoms with Gasteiger partial charge in [0.15, 0.2) is 0 Å². The first-order valence-corrected chi connectivity index (χ1v) is 10.4. The zero-order chi connectivity index (χ0) is 19.5. The molecule has 3 fully saturated rings. The second-order valence-corrected chi connectivity index (χ2v) is 8.04. The number of ether oxygens (including phenoxy) is 1. The van der Waals surface area contributed by atoms with Crippen LogP contribution in [0.1, 0.15) is 18.4 Å². The summed E-state index contributed by atoms with van der Waals surface area (Å²) in [5.41, 5.74) is 2.05. The van der Waals surface area contributed by atoms with Gasteiger partial charge in [0.25, 0.3) is 11.1 Å². The van der Waals surface area contributed by atoms with Crippen molar-refractivity contribution in [1.82, 2.24) is 9.80 Å². The van der Waals surface area contributed by atoms with E-state index in [1.165, 1.54) is 18.5 Å². The van der Waals surface area contributed by atoms with E-state index in [1.807, 2.05) is 24.3 Å². The van der Waals surface area contributed by atoms with Crippen LogP contribution in [0.25, 0.3) is 6.08 Å². The lowest BCUT2D eigenvalue weighted by atomic mass is 10.2. The first-order chi connectivity index (χ1) is 13.6. The highest BCUT2D eigenvalue weighted by Crippen LogP contribution is 2.32. The molecule has 0 atom stereocenters. The van der Waals surface area contributed by atoms with Crippen molar-refractivity contribution in [2.24, 2.45) is 0 Å². The lowest BCUT2D eigenvalue weighted by Crippen LogP contribution is -2.46. The topological polar surface area (TPSA) is 70.2 Å². The van der Waals surface area contributed by atoms with E-state index in [4.69, 9.17) is 4.74 Å². The monoisotopic (exact) mass is 401 g/mol. The molecule has 3 amide bonds. The Morgan fingerprint density at radius 1 is 1.04 bits per heavy atom. The highest BCUT2D eigenvalue weighted by Gasteiger charge is 2.37. The van der Waals surface area contributed by atoms with Gasteiger partial charge in [0.05, 0.1) is 18.1 Å². The first kappa shape index (κ1) is 19.0. The van der Waals surface area contributed by atoms with Gasteiger partial charge in [-0.3, -0.25) is 19.3 Å². The predicted molar refractivity (Wildman–Crippen MR) is 108 cm³/mol. The van der Waals surface area contributed by atoms with Gasteiger partial charge >= 0.3 is 0 Å². The fraction of sp³-hybridized carbons (Fsp3) is 0.450. The minimum absolute atomic E-state index is 0.212. The summed E-state index contributed by atoms with van der Waals surface area (Å²) in [5.74, 6) is -0.623. The number of thioether (sulfide) groups is 1. The van der Waals surface area contributed by atoms with E-state index in [1.54, 1.807) is 11.0 Å². The Kier molecular flexibility index (Phi) is 5.68. The van der Waals surface area contributed by atoms with Crippen LogP contribution < -0.4 is 4.90 Å². The molecule has 1 aromatic carbocycles. The number of morpholine rings is 1. The molecule has 1 aromatic rings. The van der Waals surface area contributed by atoms with Crippen molar-refractivity contribution in [1.29, 1.82) is 0 Å². The van der Waals surface area contributed by atoms with Crippen molar-refractivity contribution in [2.75, 3.05) is 50.8 Å². The number of nitrogens with zero attached hydrogens (tertiary/aromatic N) is 3. The molecule has 0 spiro atoms. The molecule has 0 radical (unpaired) electrons. The molecule has 3 saturated heterocycles. The van der Waals surface area contributed by atoms with E-state index in [9.17, 15) is 14.4 Å². The standard InChI is InChI=1S/C20H23N3O4S/c24-18(22-9-11-27-12-10-22)14-23-19(25)17(28-20(23)26)13-15-3-5-16(6-4-15)21-7-1-2-8-21/h3-6,13H,1-2,7-12,14H2/b17-13-. The third kappa shape index (κ3) is 4.07. The van der Waals surface area contributed by atoms with Gasteiger partial charge in [-0.05, 0) is 48.4 Å². The van der Waals surface area contributed by atoms with Crippen LogP contribution in [0.3, 0.4) is 0 Å². The molecule has 0 saturated carbocycles. The Morgan fingerprint density at radius 2 is 1.71 bits per heavy atom. The SMILES string of the molecule is O=C(CN1C(=O)S/C(=C\c2ccc(N3CCCC3)cc2)C1=O)N1CCOCC1. The molecule has 8 heteroatoms. The molecule has 3 aliphatic rings. The second-order valence-electron chi connectivity index (χ2n) is 7.05. The lowest BCUT2D eigenvalue weighted by Gasteiger charge is -2.28. The number of benzene rings is 1. The molecule has 3 aliphatic heterocycles. The van der Waals surface area contributed by atoms with Crippen molar-refractivity contribution in [3.8, 4) is 0 Å². The summed E-state index contributed by atoms with van der Waals surface area (Å²) < 4.78 is 5.23. The Balaban J connectivity index is 1.42. The molecule has 28 heavy (non-hydrogen) atoms. The maximum absolute atomic E-state index is 12.6. The number of hydrogen-bond acceptors (Lipinski definition) is 6. The first-order valence-electron chi connectivity index (χ1n) is 9.58. The minimum Gasteiger partial charge on any atom is -0.378 e. The second kappa shape index (κ2) is 8.36. The molecule has 0 N–H and O–H groups in total. The van der Waals surface area contributed by atoms with E-state index in [2.05, 4.69) is 4.90 Å². The molecule has 7 nitrogen and oxygen atoms in total. The van der Waals surface area contributed by atoms with Crippen molar-refractivity contribution in [2.45, 2.75) is 12.8 Å². The predicted octanol–water partition coefficient (Wildman–Crippen LogP) is 2.18. The van der Waals surface area contributed by atoms with Gasteiger partial charge in [-0.25, -0.2) is 0 Å². The van der Waals surface area contributed by atoms with Gasteiger partial charge < -0.3 is 14.5 Å². The lowest BCUT2D eigenvalue weighted by molar-refractivity contribution is -0.139. The smallest absolute Gasteiger partial charge is 0.294 e. The van der Waals surface area contributed by atoms with Crippen molar-refractivity contribution >= 4 is 40.6 Å². The zero-order valence-electron chi connectivity index (χ0n) is 15.6. The average Bonchev–Trinajstić information content (AvgIpc) is 3.34. The summed E-state index contributed by atoms with van der Waals surface area (Å²) in [5, 5.41) is -0.397. The summed E-state index contributed by atoms with van der Waals surface area (Å²) in [7, 11) is 0. The molecular formula is C20H23N3O4S. The fourth-order valence-electron chi connectivity index (χ4n) is 3.59. The Morgan fingerprint density at radius 3 is 2.39 bits per heavy atom. The number of amides is 3. The van der Waals surface area contributed by atoms with Crippen LogP contribution in [-0.2, 0) is 14.3 Å². The van der Waals surface area contributed by atoms with Crippen LogP contribution >= 0.6 is 11.8 Å². The quantitative estimate of drug-likeness (QED) is 0.721. The Bertz CT molecular complexity index is 796. The minimum atomic E-state index is -0.403. The number of carbonyl (C=O) groups excluding carboxylic acids is 3. The third-order valence-electron chi connectivity index (χ3n) is 5.19. The number of imide groups is 1. The summed E-state index contributed by atoms with van der Waals surface area (Å²) >= 11 is 0.887. The third-order valence-corrected chi connectivity index (χ3v) is 6.10. The van der Waals surface area contributed by atoms with Crippen LogP contribution in [0.15, 0.2) is 29.2 Å². The molecule has 4 rings (SSSR count). The van der Waals surface area contributed by atoms with Gasteiger partial charge in [-0.15, -0.1) is 0 Å². The van der Waals surface area contributed by atoms with E-state index >= 15 is 0 Å². The molecule has 3 heterocycles. The van der Waals surface area contributed by atoms with Crippen LogP contribution in [0.2, 0.25) is 0 Å². The van der Waals surface area contributed by atoms with Crippen LogP contribution in [0.4, 0.5) is 10.5 Å². The number of carbonyl (C=O) groups is 3. The van der Waals surface area contributed by atoms with Crippen molar-refractivity contribution < 1.29 is 19.1 Å². The van der Waals surface area contributed by atoms with E-state index in [0.29, 0.717) is 31.2 Å². The van der Waals surface area contributed by atoms with Crippen LogP contribution in [0.5, 0.6) is 0 Å². The molecule has 0 aromatic heterocycles. The van der Waals surface area contributed by atoms with E-state index in [-0.39, 0.29) is 12.5 Å². The van der Waals surface area contributed by atoms with Crippen molar-refractivity contribution in [3.63, 3.8) is 0 Å². The number of anilines is 1. The fourth-order valence-corrected chi connectivity index (χ4v) is 4.43. The molecule has 148 valence electrons. The van der Waals surface area contributed by atoms with Gasteiger partial charge in [0.2, 0.25) is 5.91 Å². The van der Waals surface area contributed by atoms with Gasteiger partial charge in [-0.2, -0.15) is 0 Å². The van der Waals surface area contributed by atoms with Crippen LogP contribution in [0, 0.1) is 0 Å². The van der Waals surface area contributed by atoms with Crippen molar-refractivity contribution in [3.05, 3.63) is 34.7 Å². The van der Waals surface area contributed by atoms with Gasteiger partial charge in [-0.1, -0.05) is 12.1 Å². The van der Waals surface area contributed by atoms with Crippen LogP contribution in [-0.4, -0.2) is 72.8 Å². The van der Waals surface area contributed by atoms with Gasteiger partial charge in [0, 0.05) is 31.9 Å². The zero-order valence-corrected chi connectivity index (χ0v) is 16.5. The average molecular weight is 401 g/mol. The molecular weight excluding hydrogens is 378 g/mol. The highest BCUT2D eigenvalue weighted by atomic mass is 32.2. The molecule has 0 unspecified atom stereocenters. The Hall–Kier alpha value is -2.32. The summed E-state index contributed by atoms with van der Waals surface area (Å²) in [4.78, 5) is 42.6. The summed E-state index contributed by atoms with van der Waals surface area (Å²) in [6.45, 7) is 3.91.